The van der Waals surface area contributed by atoms with Gasteiger partial charge in [-0.1, -0.05) is 25.5 Å². The van der Waals surface area contributed by atoms with Crippen LogP contribution in [0.25, 0.3) is 0 Å². The van der Waals surface area contributed by atoms with Crippen molar-refractivity contribution in [2.75, 3.05) is 7.11 Å². The average Bonchev–Trinajstić information content (AvgIpc) is 2.73. The zero-order valence-electron chi connectivity index (χ0n) is 9.43. The van der Waals surface area contributed by atoms with E-state index in [1.165, 1.54) is 7.11 Å². The third-order valence-corrected chi connectivity index (χ3v) is 2.48. The van der Waals surface area contributed by atoms with Crippen LogP contribution in [0.1, 0.15) is 37.2 Å². The molecule has 1 aromatic heterocycles. The Balaban J connectivity index is 2.49. The van der Waals surface area contributed by atoms with Crippen molar-refractivity contribution < 1.29 is 9.53 Å². The first kappa shape index (κ1) is 11.7. The van der Waals surface area contributed by atoms with E-state index in [9.17, 15) is 4.79 Å². The number of ether oxygens (including phenoxy) is 1. The zero-order chi connectivity index (χ0) is 11.3. The number of rotatable bonds is 5. The molecule has 0 N–H and O–H groups in total. The maximum atomic E-state index is 11.1. The summed E-state index contributed by atoms with van der Waals surface area (Å²) < 4.78 is 6.22. The molecule has 0 aliphatic carbocycles. The van der Waals surface area contributed by atoms with E-state index in [1.807, 2.05) is 0 Å². The number of aromatic nitrogens is 3. The van der Waals surface area contributed by atoms with E-state index in [2.05, 4.69) is 28.9 Å². The Morgan fingerprint density at radius 3 is 3.00 bits per heavy atom. The van der Waals surface area contributed by atoms with Gasteiger partial charge < -0.3 is 4.74 Å². The Kier molecular flexibility index (Phi) is 4.27. The summed E-state index contributed by atoms with van der Waals surface area (Å²) in [5.41, 5.74) is 0.265. The van der Waals surface area contributed by atoms with Crippen LogP contribution in [0.15, 0.2) is 6.20 Å². The first-order valence-corrected chi connectivity index (χ1v) is 5.15. The van der Waals surface area contributed by atoms with E-state index < -0.39 is 5.97 Å². The zero-order valence-corrected chi connectivity index (χ0v) is 9.43. The lowest BCUT2D eigenvalue weighted by molar-refractivity contribution is 0.0594. The molecule has 0 spiro atoms. The molecule has 15 heavy (non-hydrogen) atoms. The summed E-state index contributed by atoms with van der Waals surface area (Å²) >= 11 is 0. The van der Waals surface area contributed by atoms with Gasteiger partial charge in [-0.2, -0.15) is 0 Å². The molecule has 1 aromatic rings. The van der Waals surface area contributed by atoms with Crippen molar-refractivity contribution in [3.63, 3.8) is 0 Å². The molecule has 1 atom stereocenters. The van der Waals surface area contributed by atoms with Crippen LogP contribution in [0, 0.1) is 5.92 Å². The predicted octanol–water partition coefficient (Wildman–Crippen LogP) is 1.50. The molecule has 0 aliphatic heterocycles. The minimum atomic E-state index is -0.440. The molecule has 1 unspecified atom stereocenters. The SMILES string of the molecule is CCC(C)CCn1cc(C(=O)OC)nn1. The van der Waals surface area contributed by atoms with Gasteiger partial charge in [0.2, 0.25) is 0 Å². The molecule has 0 saturated carbocycles. The largest absolute Gasteiger partial charge is 0.464 e. The molecule has 0 saturated heterocycles. The number of aryl methyl sites for hydroxylation is 1. The average molecular weight is 211 g/mol. The smallest absolute Gasteiger partial charge is 0.360 e. The molecule has 0 bridgehead atoms. The Bertz CT molecular complexity index is 322. The summed E-state index contributed by atoms with van der Waals surface area (Å²) in [4.78, 5) is 11.1. The van der Waals surface area contributed by atoms with Gasteiger partial charge in [0.05, 0.1) is 13.3 Å². The quantitative estimate of drug-likeness (QED) is 0.692. The van der Waals surface area contributed by atoms with Crippen molar-refractivity contribution in [2.45, 2.75) is 33.2 Å². The second kappa shape index (κ2) is 5.48. The third kappa shape index (κ3) is 3.34. The summed E-state index contributed by atoms with van der Waals surface area (Å²) in [7, 11) is 1.33. The highest BCUT2D eigenvalue weighted by Gasteiger charge is 2.10. The number of hydrogen-bond acceptors (Lipinski definition) is 4. The van der Waals surface area contributed by atoms with Gasteiger partial charge in [-0.25, -0.2) is 4.79 Å². The van der Waals surface area contributed by atoms with Crippen molar-refractivity contribution in [1.82, 2.24) is 15.0 Å². The first-order valence-electron chi connectivity index (χ1n) is 5.15. The second-order valence-corrected chi connectivity index (χ2v) is 3.66. The molecule has 0 radical (unpaired) electrons. The highest BCUT2D eigenvalue weighted by Crippen LogP contribution is 2.07. The molecule has 84 valence electrons. The van der Waals surface area contributed by atoms with Crippen LogP contribution in [0.2, 0.25) is 0 Å². The highest BCUT2D eigenvalue weighted by atomic mass is 16.5. The normalized spacial score (nSPS) is 12.5. The summed E-state index contributed by atoms with van der Waals surface area (Å²) in [6.45, 7) is 5.14. The lowest BCUT2D eigenvalue weighted by atomic mass is 10.1. The molecular formula is C10H17N3O2. The summed E-state index contributed by atoms with van der Waals surface area (Å²) in [5.74, 6) is 0.223. The van der Waals surface area contributed by atoms with Crippen LogP contribution >= 0.6 is 0 Å². The van der Waals surface area contributed by atoms with Crippen molar-refractivity contribution in [3.8, 4) is 0 Å². The van der Waals surface area contributed by atoms with Crippen molar-refractivity contribution in [3.05, 3.63) is 11.9 Å². The molecule has 5 nitrogen and oxygen atoms in total. The third-order valence-electron chi connectivity index (χ3n) is 2.48. The fourth-order valence-corrected chi connectivity index (χ4v) is 1.16. The monoisotopic (exact) mass is 211 g/mol. The molecule has 0 aliphatic rings. The molecule has 0 aromatic carbocycles. The first-order chi connectivity index (χ1) is 7.17. The fourth-order valence-electron chi connectivity index (χ4n) is 1.16. The summed E-state index contributed by atoms with van der Waals surface area (Å²) in [5, 5.41) is 7.59. The Hall–Kier alpha value is -1.39. The fraction of sp³-hybridized carbons (Fsp3) is 0.700. The summed E-state index contributed by atoms with van der Waals surface area (Å²) in [6.07, 6.45) is 3.81. The van der Waals surface area contributed by atoms with E-state index in [0.29, 0.717) is 5.92 Å². The van der Waals surface area contributed by atoms with Gasteiger partial charge in [0.1, 0.15) is 0 Å². The van der Waals surface area contributed by atoms with Crippen LogP contribution < -0.4 is 0 Å². The minimum Gasteiger partial charge on any atom is -0.464 e. The number of carbonyl (C=O) groups is 1. The second-order valence-electron chi connectivity index (χ2n) is 3.66. The van der Waals surface area contributed by atoms with E-state index in [-0.39, 0.29) is 5.69 Å². The van der Waals surface area contributed by atoms with Crippen LogP contribution in [0.3, 0.4) is 0 Å². The van der Waals surface area contributed by atoms with Gasteiger partial charge in [-0.3, -0.25) is 4.68 Å². The van der Waals surface area contributed by atoms with Crippen LogP contribution in [0.4, 0.5) is 0 Å². The number of methoxy groups -OCH3 is 1. The van der Waals surface area contributed by atoms with Gasteiger partial charge in [0, 0.05) is 6.54 Å². The molecular weight excluding hydrogens is 194 g/mol. The van der Waals surface area contributed by atoms with Gasteiger partial charge >= 0.3 is 5.97 Å². The maximum Gasteiger partial charge on any atom is 0.360 e. The van der Waals surface area contributed by atoms with Crippen LogP contribution in [-0.2, 0) is 11.3 Å². The standard InChI is InChI=1S/C10H17N3O2/c1-4-8(2)5-6-13-7-9(11-12-13)10(14)15-3/h7-8H,4-6H2,1-3H3. The highest BCUT2D eigenvalue weighted by molar-refractivity contribution is 5.86. The predicted molar refractivity (Wildman–Crippen MR) is 55.4 cm³/mol. The molecule has 5 heteroatoms. The van der Waals surface area contributed by atoms with Crippen LogP contribution in [0.5, 0.6) is 0 Å². The van der Waals surface area contributed by atoms with E-state index in [4.69, 9.17) is 0 Å². The summed E-state index contributed by atoms with van der Waals surface area (Å²) in [6, 6.07) is 0. The molecule has 1 rings (SSSR count). The lowest BCUT2D eigenvalue weighted by Crippen LogP contribution is -2.04. The van der Waals surface area contributed by atoms with Crippen LogP contribution in [-0.4, -0.2) is 28.1 Å². The van der Waals surface area contributed by atoms with Gasteiger partial charge in [0.25, 0.3) is 0 Å². The van der Waals surface area contributed by atoms with Gasteiger partial charge in [-0.15, -0.1) is 5.10 Å². The Labute approximate surface area is 89.4 Å². The van der Waals surface area contributed by atoms with Crippen molar-refractivity contribution in [2.24, 2.45) is 5.92 Å². The topological polar surface area (TPSA) is 57.0 Å². The van der Waals surface area contributed by atoms with E-state index in [1.54, 1.807) is 10.9 Å². The van der Waals surface area contributed by atoms with Gasteiger partial charge in [0.15, 0.2) is 5.69 Å². The van der Waals surface area contributed by atoms with Crippen molar-refractivity contribution >= 4 is 5.97 Å². The van der Waals surface area contributed by atoms with E-state index in [0.717, 1.165) is 19.4 Å². The lowest BCUT2D eigenvalue weighted by Gasteiger charge is -2.06. The van der Waals surface area contributed by atoms with Gasteiger partial charge in [-0.05, 0) is 12.3 Å². The minimum absolute atomic E-state index is 0.265. The van der Waals surface area contributed by atoms with Crippen molar-refractivity contribution in [1.29, 1.82) is 0 Å². The Morgan fingerprint density at radius 1 is 1.67 bits per heavy atom. The molecule has 0 amide bonds. The number of hydrogen-bond donors (Lipinski definition) is 0. The number of nitrogens with zero attached hydrogens (tertiary/aromatic N) is 3. The maximum absolute atomic E-state index is 11.1. The Morgan fingerprint density at radius 2 is 2.40 bits per heavy atom. The molecule has 1 heterocycles. The number of esters is 1. The van der Waals surface area contributed by atoms with E-state index >= 15 is 0 Å². The number of carbonyl (C=O) groups excluding carboxylic acids is 1. The molecule has 0 fully saturated rings.